The van der Waals surface area contributed by atoms with Gasteiger partial charge in [0.1, 0.15) is 17.9 Å². The standard InChI is InChI=1S/C14H10FNO3/c15-12-3-1-2-4-13(12)16-14(18)19-11-7-5-10(9-17)6-8-11/h1-9H,(H,16,18). The molecule has 2 aromatic rings. The van der Waals surface area contributed by atoms with Crippen molar-refractivity contribution in [3.63, 3.8) is 0 Å². The highest BCUT2D eigenvalue weighted by molar-refractivity contribution is 5.86. The molecule has 1 N–H and O–H groups in total. The molecule has 2 aromatic carbocycles. The lowest BCUT2D eigenvalue weighted by Gasteiger charge is -2.07. The molecule has 19 heavy (non-hydrogen) atoms. The Labute approximate surface area is 108 Å². The smallest absolute Gasteiger partial charge is 0.410 e. The minimum Gasteiger partial charge on any atom is -0.410 e. The van der Waals surface area contributed by atoms with Gasteiger partial charge in [-0.2, -0.15) is 0 Å². The van der Waals surface area contributed by atoms with Crippen LogP contribution in [0.3, 0.4) is 0 Å². The molecule has 0 saturated heterocycles. The first-order valence-electron chi connectivity index (χ1n) is 5.47. The Kier molecular flexibility index (Phi) is 3.87. The van der Waals surface area contributed by atoms with Crippen molar-refractivity contribution in [2.45, 2.75) is 0 Å². The van der Waals surface area contributed by atoms with Gasteiger partial charge in [0.05, 0.1) is 5.69 Å². The van der Waals surface area contributed by atoms with Crippen molar-refractivity contribution in [3.8, 4) is 5.75 Å². The topological polar surface area (TPSA) is 55.4 Å². The lowest BCUT2D eigenvalue weighted by Crippen LogP contribution is -2.17. The van der Waals surface area contributed by atoms with E-state index in [0.717, 1.165) is 0 Å². The van der Waals surface area contributed by atoms with Gasteiger partial charge in [-0.3, -0.25) is 10.1 Å². The Morgan fingerprint density at radius 3 is 2.42 bits per heavy atom. The van der Waals surface area contributed by atoms with E-state index in [2.05, 4.69) is 5.32 Å². The molecule has 0 aromatic heterocycles. The summed E-state index contributed by atoms with van der Waals surface area (Å²) in [5, 5.41) is 2.28. The molecule has 0 saturated carbocycles. The third kappa shape index (κ3) is 3.38. The summed E-state index contributed by atoms with van der Waals surface area (Å²) in [5.41, 5.74) is 0.513. The first-order valence-corrected chi connectivity index (χ1v) is 5.47. The van der Waals surface area contributed by atoms with Crippen LogP contribution in [0.25, 0.3) is 0 Å². The molecule has 0 unspecified atom stereocenters. The second-order valence-corrected chi connectivity index (χ2v) is 3.68. The number of amides is 1. The summed E-state index contributed by atoms with van der Waals surface area (Å²) < 4.78 is 18.2. The van der Waals surface area contributed by atoms with Gasteiger partial charge >= 0.3 is 6.09 Å². The minimum absolute atomic E-state index is 0.0389. The van der Waals surface area contributed by atoms with Crippen molar-refractivity contribution >= 4 is 18.1 Å². The van der Waals surface area contributed by atoms with Gasteiger partial charge in [0.15, 0.2) is 0 Å². The SMILES string of the molecule is O=Cc1ccc(OC(=O)Nc2ccccc2F)cc1. The average Bonchev–Trinajstić information content (AvgIpc) is 2.42. The summed E-state index contributed by atoms with van der Waals surface area (Å²) in [6.07, 6.45) is -0.118. The summed E-state index contributed by atoms with van der Waals surface area (Å²) in [4.78, 5) is 22.0. The number of anilines is 1. The first kappa shape index (κ1) is 12.8. The summed E-state index contributed by atoms with van der Waals surface area (Å²) >= 11 is 0. The molecule has 4 nitrogen and oxygen atoms in total. The summed E-state index contributed by atoms with van der Waals surface area (Å²) in [5.74, 6) is -0.282. The van der Waals surface area contributed by atoms with Gasteiger partial charge in [-0.25, -0.2) is 9.18 Å². The second kappa shape index (κ2) is 5.77. The Morgan fingerprint density at radius 2 is 1.79 bits per heavy atom. The fourth-order valence-electron chi connectivity index (χ4n) is 1.42. The molecule has 0 aliphatic carbocycles. The molecule has 0 radical (unpaired) electrons. The lowest BCUT2D eigenvalue weighted by atomic mass is 10.2. The number of hydrogen-bond acceptors (Lipinski definition) is 3. The zero-order chi connectivity index (χ0) is 13.7. The average molecular weight is 259 g/mol. The van der Waals surface area contributed by atoms with Crippen molar-refractivity contribution in [2.75, 3.05) is 5.32 Å². The van der Waals surface area contributed by atoms with E-state index >= 15 is 0 Å². The Hall–Kier alpha value is -2.69. The third-order valence-corrected chi connectivity index (χ3v) is 2.34. The predicted molar refractivity (Wildman–Crippen MR) is 67.9 cm³/mol. The molecule has 5 heteroatoms. The quantitative estimate of drug-likeness (QED) is 0.861. The third-order valence-electron chi connectivity index (χ3n) is 2.34. The van der Waals surface area contributed by atoms with Crippen LogP contribution in [0, 0.1) is 5.82 Å². The van der Waals surface area contributed by atoms with E-state index in [9.17, 15) is 14.0 Å². The maximum Gasteiger partial charge on any atom is 0.417 e. The molecule has 0 fully saturated rings. The monoisotopic (exact) mass is 259 g/mol. The first-order chi connectivity index (χ1) is 9.19. The van der Waals surface area contributed by atoms with Crippen molar-refractivity contribution in [1.29, 1.82) is 0 Å². The number of halogens is 1. The number of hydrogen-bond donors (Lipinski definition) is 1. The van der Waals surface area contributed by atoms with Crippen LogP contribution in [-0.4, -0.2) is 12.4 Å². The molecule has 0 atom stereocenters. The van der Waals surface area contributed by atoms with E-state index in [1.54, 1.807) is 6.07 Å². The van der Waals surface area contributed by atoms with Crippen LogP contribution in [0.1, 0.15) is 10.4 Å². The minimum atomic E-state index is -0.802. The molecule has 1 amide bonds. The van der Waals surface area contributed by atoms with Gasteiger partial charge in [0.2, 0.25) is 0 Å². The van der Waals surface area contributed by atoms with Crippen LogP contribution in [0.5, 0.6) is 5.75 Å². The zero-order valence-electron chi connectivity index (χ0n) is 9.80. The van der Waals surface area contributed by atoms with Crippen LogP contribution in [0.4, 0.5) is 14.9 Å². The van der Waals surface area contributed by atoms with Crippen LogP contribution >= 0.6 is 0 Å². The molecule has 0 aliphatic rings. The molecule has 0 bridgehead atoms. The van der Waals surface area contributed by atoms with Gasteiger partial charge in [0, 0.05) is 5.56 Å². The molecular weight excluding hydrogens is 249 g/mol. The van der Waals surface area contributed by atoms with Gasteiger partial charge in [-0.15, -0.1) is 0 Å². The molecule has 0 aliphatic heterocycles. The maximum atomic E-state index is 13.3. The van der Waals surface area contributed by atoms with Gasteiger partial charge in [-0.05, 0) is 36.4 Å². The van der Waals surface area contributed by atoms with Crippen molar-refractivity contribution in [2.24, 2.45) is 0 Å². The van der Waals surface area contributed by atoms with E-state index in [-0.39, 0.29) is 11.4 Å². The Bertz CT molecular complexity index is 596. The molecule has 0 spiro atoms. The van der Waals surface area contributed by atoms with E-state index in [4.69, 9.17) is 4.74 Å². The van der Waals surface area contributed by atoms with Crippen molar-refractivity contribution in [1.82, 2.24) is 0 Å². The fraction of sp³-hybridized carbons (Fsp3) is 0. The number of aldehydes is 1. The van der Waals surface area contributed by atoms with E-state index in [1.165, 1.54) is 42.5 Å². The molecular formula is C14H10FNO3. The summed E-state index contributed by atoms with van der Waals surface area (Å²) in [6, 6.07) is 11.7. The zero-order valence-corrected chi connectivity index (χ0v) is 9.80. The predicted octanol–water partition coefficient (Wildman–Crippen LogP) is 3.25. The van der Waals surface area contributed by atoms with Crippen LogP contribution in [0.2, 0.25) is 0 Å². The van der Waals surface area contributed by atoms with Crippen molar-refractivity contribution < 1.29 is 18.7 Å². The largest absolute Gasteiger partial charge is 0.417 e. The number of benzene rings is 2. The number of carbonyl (C=O) groups excluding carboxylic acids is 2. The number of ether oxygens (including phenoxy) is 1. The van der Waals surface area contributed by atoms with E-state index < -0.39 is 11.9 Å². The normalized spacial score (nSPS) is 9.74. The number of carbonyl (C=O) groups is 2. The molecule has 96 valence electrons. The van der Waals surface area contributed by atoms with Crippen molar-refractivity contribution in [3.05, 3.63) is 59.9 Å². The Balaban J connectivity index is 2.01. The summed E-state index contributed by atoms with van der Waals surface area (Å²) in [7, 11) is 0. The molecule has 0 heterocycles. The van der Waals surface area contributed by atoms with Crippen LogP contribution < -0.4 is 10.1 Å². The molecule has 2 rings (SSSR count). The van der Waals surface area contributed by atoms with Gasteiger partial charge in [-0.1, -0.05) is 12.1 Å². The number of rotatable bonds is 3. The van der Waals surface area contributed by atoms with E-state index in [1.807, 2.05) is 0 Å². The second-order valence-electron chi connectivity index (χ2n) is 3.68. The van der Waals surface area contributed by atoms with Gasteiger partial charge in [0.25, 0.3) is 0 Å². The highest BCUT2D eigenvalue weighted by atomic mass is 19.1. The van der Waals surface area contributed by atoms with Crippen LogP contribution in [-0.2, 0) is 0 Å². The van der Waals surface area contributed by atoms with Gasteiger partial charge < -0.3 is 4.74 Å². The number of para-hydroxylation sites is 1. The lowest BCUT2D eigenvalue weighted by molar-refractivity contribution is 0.112. The maximum absolute atomic E-state index is 13.3. The fourth-order valence-corrected chi connectivity index (χ4v) is 1.42. The van der Waals surface area contributed by atoms with E-state index in [0.29, 0.717) is 11.8 Å². The summed E-state index contributed by atoms with van der Waals surface area (Å²) in [6.45, 7) is 0. The highest BCUT2D eigenvalue weighted by Crippen LogP contribution is 2.15. The van der Waals surface area contributed by atoms with Crippen LogP contribution in [0.15, 0.2) is 48.5 Å². The highest BCUT2D eigenvalue weighted by Gasteiger charge is 2.08. The Morgan fingerprint density at radius 1 is 1.11 bits per heavy atom. The number of nitrogens with one attached hydrogen (secondary N) is 1.